The number of cyclic esters (lactones) is 1. The highest BCUT2D eigenvalue weighted by molar-refractivity contribution is 5.75. The van der Waals surface area contributed by atoms with Crippen LogP contribution in [0.4, 0.5) is 0 Å². The number of esters is 1. The van der Waals surface area contributed by atoms with Crippen LogP contribution in [0.25, 0.3) is 0 Å². The second-order valence-electron chi connectivity index (χ2n) is 23.0. The Labute approximate surface area is 458 Å². The van der Waals surface area contributed by atoms with Crippen molar-refractivity contribution >= 4 is 11.9 Å². The minimum atomic E-state index is -1.91. The van der Waals surface area contributed by atoms with Gasteiger partial charge in [0.1, 0.15) is 30.0 Å². The third-order valence-electron chi connectivity index (χ3n) is 15.9. The number of amides is 1. The van der Waals surface area contributed by atoms with Gasteiger partial charge in [-0.05, 0) is 139 Å². The number of hydrogen-bond acceptors (Lipinski definition) is 15. The molecular weight excluding hydrogens is 971 g/mol. The van der Waals surface area contributed by atoms with Crippen LogP contribution in [0, 0.1) is 17.8 Å². The summed E-state index contributed by atoms with van der Waals surface area (Å²) < 4.78 is 38.2. The van der Waals surface area contributed by atoms with Gasteiger partial charge in [-0.1, -0.05) is 88.5 Å². The molecule has 3 aliphatic rings. The van der Waals surface area contributed by atoms with Gasteiger partial charge in [0, 0.05) is 57.6 Å². The van der Waals surface area contributed by atoms with Crippen LogP contribution in [-0.4, -0.2) is 178 Å². The molecule has 6 N–H and O–H groups in total. The van der Waals surface area contributed by atoms with Gasteiger partial charge >= 0.3 is 5.97 Å². The second-order valence-corrected chi connectivity index (χ2v) is 23.0. The quantitative estimate of drug-likeness (QED) is 0.0311. The molecule has 0 aromatic rings. The lowest BCUT2D eigenvalue weighted by Crippen LogP contribution is -2.60. The first-order valence-corrected chi connectivity index (χ1v) is 28.6. The summed E-state index contributed by atoms with van der Waals surface area (Å²) in [6.45, 7) is 21.0. The Balaban J connectivity index is 1.82. The number of methoxy groups -OCH3 is 1. The molecule has 3 saturated heterocycles. The molecule has 76 heavy (non-hydrogen) atoms. The van der Waals surface area contributed by atoms with Gasteiger partial charge in [0.15, 0.2) is 12.6 Å². The van der Waals surface area contributed by atoms with Crippen molar-refractivity contribution in [3.8, 4) is 0 Å². The number of hydrogen-bond donors (Lipinski definition) is 6. The van der Waals surface area contributed by atoms with Crippen molar-refractivity contribution in [2.45, 2.75) is 250 Å². The predicted octanol–water partition coefficient (Wildman–Crippen LogP) is 7.70. The van der Waals surface area contributed by atoms with Crippen molar-refractivity contribution in [3.05, 3.63) is 60.8 Å². The van der Waals surface area contributed by atoms with E-state index in [1.807, 2.05) is 46.7 Å². The first-order valence-electron chi connectivity index (χ1n) is 28.6. The first kappa shape index (κ1) is 67.4. The molecule has 0 aliphatic carbocycles. The summed E-state index contributed by atoms with van der Waals surface area (Å²) in [6, 6.07) is -0.976. The van der Waals surface area contributed by atoms with Gasteiger partial charge in [-0.2, -0.15) is 0 Å². The molecule has 0 unspecified atom stereocenters. The zero-order valence-corrected chi connectivity index (χ0v) is 49.1. The highest BCUT2D eigenvalue weighted by atomic mass is 16.7. The smallest absolute Gasteiger partial charge is 0.311 e. The monoisotopic (exact) mass is 1080 g/mol. The topological polar surface area (TPSA) is 209 Å². The normalized spacial score (nSPS) is 38.2. The molecule has 0 radical (unpaired) electrons. The molecule has 0 saturated carbocycles. The number of nitrogens with one attached hydrogen (secondary N) is 1. The van der Waals surface area contributed by atoms with Crippen LogP contribution < -0.4 is 5.32 Å². The fourth-order valence-electron chi connectivity index (χ4n) is 11.2. The van der Waals surface area contributed by atoms with Crippen LogP contribution in [0.15, 0.2) is 60.8 Å². The Morgan fingerprint density at radius 3 is 1.97 bits per heavy atom. The number of rotatable bonds is 24. The number of likely N-dealkylation sites (N-methyl/N-ethyl adjacent to an activating group) is 1. The lowest BCUT2D eigenvalue weighted by atomic mass is 9.77. The van der Waals surface area contributed by atoms with Gasteiger partial charge in [0.25, 0.3) is 0 Å². The van der Waals surface area contributed by atoms with Crippen molar-refractivity contribution in [2.75, 3.05) is 40.8 Å². The van der Waals surface area contributed by atoms with Crippen molar-refractivity contribution in [1.29, 1.82) is 0 Å². The number of allylic oxidation sites excluding steroid dienone is 10. The van der Waals surface area contributed by atoms with E-state index in [1.165, 1.54) is 14.0 Å². The van der Waals surface area contributed by atoms with Gasteiger partial charge in [-0.15, -0.1) is 0 Å². The summed E-state index contributed by atoms with van der Waals surface area (Å²) in [6.07, 6.45) is 19.9. The van der Waals surface area contributed by atoms with Gasteiger partial charge in [0.2, 0.25) is 5.91 Å². The highest BCUT2D eigenvalue weighted by Crippen LogP contribution is 2.40. The van der Waals surface area contributed by atoms with Crippen LogP contribution in [0.3, 0.4) is 0 Å². The summed E-state index contributed by atoms with van der Waals surface area (Å²) in [5, 5.41) is 63.2. The van der Waals surface area contributed by atoms with E-state index in [0.717, 1.165) is 44.9 Å². The van der Waals surface area contributed by atoms with Crippen molar-refractivity contribution in [1.82, 2.24) is 15.1 Å². The van der Waals surface area contributed by atoms with Gasteiger partial charge in [0.05, 0.1) is 41.5 Å². The number of nitrogens with zero attached hydrogens (tertiary/aromatic N) is 2. The lowest BCUT2D eigenvalue weighted by Gasteiger charge is -2.48. The summed E-state index contributed by atoms with van der Waals surface area (Å²) in [7, 11) is 5.27. The Bertz CT molecular complexity index is 1840. The fourth-order valence-corrected chi connectivity index (χ4v) is 11.2. The molecule has 438 valence electrons. The second kappa shape index (κ2) is 33.0. The van der Waals surface area contributed by atoms with Crippen LogP contribution in [-0.2, 0) is 38.0 Å². The Morgan fingerprint density at radius 1 is 0.816 bits per heavy atom. The maximum absolute atomic E-state index is 14.6. The summed E-state index contributed by atoms with van der Waals surface area (Å²) in [5.74, 6) is -2.88. The van der Waals surface area contributed by atoms with Crippen LogP contribution >= 0.6 is 0 Å². The number of unbranched alkanes of at least 4 members (excludes halogenated alkanes) is 1. The molecule has 0 aromatic heterocycles. The zero-order chi connectivity index (χ0) is 56.8. The van der Waals surface area contributed by atoms with E-state index in [9.17, 15) is 35.1 Å². The lowest BCUT2D eigenvalue weighted by molar-refractivity contribution is -0.318. The minimum absolute atomic E-state index is 0.0395. The molecule has 0 spiro atoms. The zero-order valence-electron chi connectivity index (χ0n) is 49.1. The minimum Gasteiger partial charge on any atom is -0.459 e. The summed E-state index contributed by atoms with van der Waals surface area (Å²) in [4.78, 5) is 31.5. The van der Waals surface area contributed by atoms with Gasteiger partial charge in [-0.25, -0.2) is 0 Å². The summed E-state index contributed by atoms with van der Waals surface area (Å²) >= 11 is 0. The van der Waals surface area contributed by atoms with Gasteiger partial charge in [-0.3, -0.25) is 14.5 Å². The maximum Gasteiger partial charge on any atom is 0.311 e. The van der Waals surface area contributed by atoms with Crippen molar-refractivity contribution in [2.24, 2.45) is 17.8 Å². The standard InChI is InChI=1S/C60H105N3O13/c1-15-17-18-19-20-21-22-23-24-25-26-27-28-29-30-31-32-34-49(64)61-35-33-36-63-40-41(3)38-58(9,69)55(76-57-51(65)47(62(12)13)37-42(4)72-57)43(5)52(75-50-39-59(10,71-14)54(67)46(8)73-50)44(6)56(68)74-48(16-2)60(11,70)53(66)45(63)7/h17-18,20-21,23-24,26-27,29-30,41-48,50-55,57,65-67,69-70H,15-16,19,22,25,28,31-40H2,1-14H3,(H,61,64)/b18-17-,21-20-,24-23-,27-26-,30-29-/t41-,42-,43+,44-,45-,46+,47+,48-,50+,51-,52+,53-,54+,55-,57+,58-,59-,60-/m1/s1. The molecule has 3 heterocycles. The van der Waals surface area contributed by atoms with Crippen molar-refractivity contribution in [3.63, 3.8) is 0 Å². The molecule has 18 atom stereocenters. The van der Waals surface area contributed by atoms with Gasteiger partial charge < -0.3 is 64.2 Å². The SMILES string of the molecule is CC/C=C\C/C=C\C/C=C\C/C=C\C/C=C\CCCC(=O)NCCCN1C[C@H](C)C[C@@](C)(O)[C@H](O[C@@H]2O[C@H](C)C[C@H](N(C)C)[C@H]2O)[C@@H](C)[C@H](O[C@H]2C[C@@](C)(OC)[C@@H](O)[C@H](C)O2)[C@@H](C)C(=O)O[C@H](CC)[C@@](C)(O)[C@H](O)[C@H]1C. The molecule has 3 aliphatic heterocycles. The van der Waals surface area contributed by atoms with E-state index in [1.54, 1.807) is 34.6 Å². The van der Waals surface area contributed by atoms with Crippen LogP contribution in [0.5, 0.6) is 0 Å². The van der Waals surface area contributed by atoms with Crippen molar-refractivity contribution < 1.29 is 63.5 Å². The molecular formula is C60H105N3O13. The molecule has 3 rings (SSSR count). The third kappa shape index (κ3) is 20.7. The van der Waals surface area contributed by atoms with E-state index in [-0.39, 0.29) is 43.2 Å². The Hall–Kier alpha value is -2.84. The third-order valence-corrected chi connectivity index (χ3v) is 15.9. The van der Waals surface area contributed by atoms with E-state index in [4.69, 9.17) is 28.4 Å². The van der Waals surface area contributed by atoms with E-state index in [2.05, 4.69) is 77.9 Å². The molecule has 16 nitrogen and oxygen atoms in total. The average Bonchev–Trinajstić information content (AvgIpc) is 3.36. The van der Waals surface area contributed by atoms with E-state index >= 15 is 0 Å². The average molecular weight is 1080 g/mol. The summed E-state index contributed by atoms with van der Waals surface area (Å²) in [5.41, 5.74) is -4.61. The number of carbonyl (C=O) groups excluding carboxylic acids is 2. The van der Waals surface area contributed by atoms with E-state index < -0.39 is 96.0 Å². The predicted molar refractivity (Wildman–Crippen MR) is 299 cm³/mol. The van der Waals surface area contributed by atoms with Crippen LogP contribution in [0.2, 0.25) is 0 Å². The van der Waals surface area contributed by atoms with E-state index in [0.29, 0.717) is 38.9 Å². The number of ether oxygens (including phenoxy) is 6. The highest BCUT2D eigenvalue weighted by Gasteiger charge is 2.53. The largest absolute Gasteiger partial charge is 0.459 e. The maximum atomic E-state index is 14.6. The molecule has 16 heteroatoms. The van der Waals surface area contributed by atoms with Crippen LogP contribution in [0.1, 0.15) is 160 Å². The Kier molecular flexibility index (Phi) is 29.3. The Morgan fingerprint density at radius 2 is 1.41 bits per heavy atom. The number of carbonyl (C=O) groups is 2. The first-order chi connectivity index (χ1) is 35.8. The fraction of sp³-hybridized carbons (Fsp3) is 0.800. The number of aliphatic hydroxyl groups is 5. The molecule has 0 bridgehead atoms. The molecule has 0 aromatic carbocycles. The molecule has 3 fully saturated rings. The molecule has 1 amide bonds. The number of aliphatic hydroxyl groups excluding tert-OH is 3.